The third-order valence-electron chi connectivity index (χ3n) is 19.4. The van der Waals surface area contributed by atoms with E-state index in [-0.39, 0.29) is 67.5 Å². The van der Waals surface area contributed by atoms with Crippen LogP contribution < -0.4 is 91.6 Å². The van der Waals surface area contributed by atoms with Gasteiger partial charge in [0.15, 0.2) is 0 Å². The highest BCUT2D eigenvalue weighted by molar-refractivity contribution is 7.99. The van der Waals surface area contributed by atoms with Gasteiger partial charge in [-0.1, -0.05) is 121 Å². The van der Waals surface area contributed by atoms with Crippen molar-refractivity contribution in [1.82, 2.24) is 79.3 Å². The first-order valence-electron chi connectivity index (χ1n) is 39.4. The maximum atomic E-state index is 14.7. The van der Waals surface area contributed by atoms with Crippen molar-refractivity contribution in [3.8, 4) is 5.75 Å². The van der Waals surface area contributed by atoms with E-state index in [1.165, 1.54) is 65.8 Å². The van der Waals surface area contributed by atoms with Crippen LogP contribution in [0.25, 0.3) is 0 Å². The molecule has 3 aromatic carbocycles. The number of likely N-dealkylation sites (tertiary alicyclic amines) is 1. The van der Waals surface area contributed by atoms with Crippen LogP contribution in [0.1, 0.15) is 124 Å². The van der Waals surface area contributed by atoms with Gasteiger partial charge in [-0.2, -0.15) is 0 Å². The van der Waals surface area contributed by atoms with Crippen LogP contribution in [0.15, 0.2) is 84.9 Å². The summed E-state index contributed by atoms with van der Waals surface area (Å²) >= 11 is 1.15. The molecule has 670 valence electrons. The largest absolute Gasteiger partial charge is 0.508 e. The highest BCUT2D eigenvalue weighted by Crippen LogP contribution is 2.22. The number of carbonyl (C=O) groups is 19. The molecule has 0 radical (unpaired) electrons. The van der Waals surface area contributed by atoms with E-state index in [1.54, 1.807) is 74.5 Å². The molecule has 1 aliphatic rings. The molecule has 16 atom stereocenters. The molecule has 0 spiro atoms. The number of thioether (sulfide) groups is 1. The van der Waals surface area contributed by atoms with Gasteiger partial charge in [-0.15, -0.1) is 11.8 Å². The number of carboxylic acids is 2. The summed E-state index contributed by atoms with van der Waals surface area (Å²) in [5, 5.41) is 85.5. The number of benzene rings is 3. The predicted molar refractivity (Wildman–Crippen MR) is 438 cm³/mol. The second-order valence-electron chi connectivity index (χ2n) is 30.1. The molecule has 0 aliphatic carbocycles. The van der Waals surface area contributed by atoms with Crippen molar-refractivity contribution in [2.45, 2.75) is 217 Å². The van der Waals surface area contributed by atoms with E-state index in [4.69, 9.17) is 17.2 Å². The predicted octanol–water partition coefficient (Wildman–Crippen LogP) is -6.05. The number of rotatable bonds is 51. The number of aromatic hydroxyl groups is 1. The van der Waals surface area contributed by atoms with E-state index in [1.807, 2.05) is 0 Å². The van der Waals surface area contributed by atoms with Crippen molar-refractivity contribution >= 4 is 124 Å². The number of carboxylic acid groups (broad SMARTS) is 2. The van der Waals surface area contributed by atoms with Crippen LogP contribution in [0.3, 0.4) is 0 Å². The van der Waals surface area contributed by atoms with Crippen LogP contribution in [0.4, 0.5) is 0 Å². The first kappa shape index (κ1) is 102. The third kappa shape index (κ3) is 34.4. The lowest BCUT2D eigenvalue weighted by molar-refractivity contribution is -0.144. The van der Waals surface area contributed by atoms with Gasteiger partial charge in [-0.25, -0.2) is 4.79 Å². The Kier molecular flexibility index (Phi) is 42.3. The number of aliphatic carboxylic acids is 2. The first-order valence-corrected chi connectivity index (χ1v) is 40.6. The molecule has 42 nitrogen and oxygen atoms in total. The number of aliphatic hydroxyl groups excluding tert-OH is 2. The Morgan fingerprint density at radius 2 is 0.934 bits per heavy atom. The van der Waals surface area contributed by atoms with Gasteiger partial charge in [0.1, 0.15) is 84.3 Å². The lowest BCUT2D eigenvalue weighted by Gasteiger charge is -2.31. The number of amides is 17. The summed E-state index contributed by atoms with van der Waals surface area (Å²) in [4.78, 5) is 258. The lowest BCUT2D eigenvalue weighted by atomic mass is 9.95. The van der Waals surface area contributed by atoms with Crippen LogP contribution in [0, 0.1) is 17.8 Å². The van der Waals surface area contributed by atoms with E-state index in [0.29, 0.717) is 11.1 Å². The second kappa shape index (κ2) is 50.6. The summed E-state index contributed by atoms with van der Waals surface area (Å²) in [5.74, 6) is -22.1. The fourth-order valence-corrected chi connectivity index (χ4v) is 13.2. The van der Waals surface area contributed by atoms with E-state index >= 15 is 0 Å². The maximum Gasteiger partial charge on any atom is 0.326 e. The molecule has 0 bridgehead atoms. The Labute approximate surface area is 707 Å². The van der Waals surface area contributed by atoms with Crippen LogP contribution in [0.5, 0.6) is 5.75 Å². The Morgan fingerprint density at radius 3 is 1.43 bits per heavy atom. The quantitative estimate of drug-likeness (QED) is 0.0185. The smallest absolute Gasteiger partial charge is 0.326 e. The zero-order valence-electron chi connectivity index (χ0n) is 69.2. The van der Waals surface area contributed by atoms with Gasteiger partial charge in [0, 0.05) is 44.9 Å². The fraction of sp³-hybridized carbons (Fsp3) is 0.532. The number of nitrogens with one attached hydrogen (secondary N) is 14. The molecule has 122 heavy (non-hydrogen) atoms. The Morgan fingerprint density at radius 1 is 0.492 bits per heavy atom. The Balaban J connectivity index is 1.57. The number of hydrogen-bond acceptors (Lipinski definition) is 24. The number of phenolic OH excluding ortho intramolecular Hbond substituents is 1. The number of nitrogens with two attached hydrogens (primary N) is 3. The van der Waals surface area contributed by atoms with Gasteiger partial charge in [-0.05, 0) is 79.7 Å². The summed E-state index contributed by atoms with van der Waals surface area (Å²) in [7, 11) is 0. The van der Waals surface area contributed by atoms with Crippen molar-refractivity contribution in [3.05, 3.63) is 102 Å². The van der Waals surface area contributed by atoms with E-state index in [0.717, 1.165) is 23.6 Å². The molecule has 4 rings (SSSR count). The zero-order chi connectivity index (χ0) is 91.4. The highest BCUT2D eigenvalue weighted by atomic mass is 32.2. The van der Waals surface area contributed by atoms with Crippen LogP contribution >= 0.6 is 11.8 Å². The van der Waals surface area contributed by atoms with Gasteiger partial charge in [0.25, 0.3) is 0 Å². The SMILES string of the molecule is CC[C@H](C)[C@H](NC(=O)[C@@H](NC(=O)[C@H](Cc1ccccc1)NC(=O)[C@H](CCC(=O)O)NC(=O)[C@@H]1CCCN1C(=O)[C@H](CC(N)=O)NC(=O)[C@@H](NC(=O)[C@H](Cc1ccc(O)cc1)NC(=O)[C@H](CO)NC(=O)[C@H](Cc1ccccc1)NC(=O)CNC(=O)[C@H](C)NC(=O)[C@@H](N)CSCNC(C)=O)[C@@H](C)O)C(C)C)C(=O)N[C@@H](CC(N)=O)C(=O)N[C@H](C(=O)O)C(C)C. The van der Waals surface area contributed by atoms with Gasteiger partial charge < -0.3 is 122 Å². The van der Waals surface area contributed by atoms with Gasteiger partial charge in [0.2, 0.25) is 100 Å². The molecule has 17 amide bonds. The molecule has 1 fully saturated rings. The molecular weight excluding hydrogens is 1620 g/mol. The molecule has 43 heteroatoms. The number of phenols is 1. The highest BCUT2D eigenvalue weighted by Gasteiger charge is 2.43. The molecule has 1 saturated heterocycles. The third-order valence-corrected chi connectivity index (χ3v) is 20.4. The first-order chi connectivity index (χ1) is 57.4. The van der Waals surface area contributed by atoms with Crippen molar-refractivity contribution in [1.29, 1.82) is 0 Å². The van der Waals surface area contributed by atoms with Crippen LogP contribution in [0.2, 0.25) is 0 Å². The number of nitrogens with zero attached hydrogens (tertiary/aromatic N) is 1. The number of hydrogen-bond donors (Lipinski definition) is 22. The fourth-order valence-electron chi connectivity index (χ4n) is 12.4. The molecule has 3 aromatic rings. The minimum atomic E-state index is -2.07. The molecule has 0 aromatic heterocycles. The normalized spacial score (nSPS) is 16.0. The molecule has 1 heterocycles. The number of primary amides is 2. The minimum Gasteiger partial charge on any atom is -0.508 e. The zero-order valence-corrected chi connectivity index (χ0v) is 70.0. The van der Waals surface area contributed by atoms with E-state index in [2.05, 4.69) is 74.4 Å². The summed E-state index contributed by atoms with van der Waals surface area (Å²) in [6.45, 7) is 10.9. The Hall–Kier alpha value is -12.4. The summed E-state index contributed by atoms with van der Waals surface area (Å²) < 4.78 is 0. The van der Waals surface area contributed by atoms with Gasteiger partial charge in [-0.3, -0.25) is 86.3 Å². The van der Waals surface area contributed by atoms with Gasteiger partial charge in [0.05, 0.1) is 44.0 Å². The summed E-state index contributed by atoms with van der Waals surface area (Å²) in [6, 6.07) is -1.23. The number of carbonyl (C=O) groups excluding carboxylic acids is 17. The monoisotopic (exact) mass is 1730 g/mol. The minimum absolute atomic E-state index is 0.0690. The van der Waals surface area contributed by atoms with Crippen LogP contribution in [-0.2, 0) is 110 Å². The van der Waals surface area contributed by atoms with Crippen molar-refractivity contribution in [3.63, 3.8) is 0 Å². The van der Waals surface area contributed by atoms with Crippen molar-refractivity contribution in [2.24, 2.45) is 35.0 Å². The molecular formula is C79H114N18O24S. The Bertz CT molecular complexity index is 4170. The van der Waals surface area contributed by atoms with Crippen molar-refractivity contribution in [2.75, 3.05) is 31.3 Å². The maximum absolute atomic E-state index is 14.7. The molecule has 25 N–H and O–H groups in total. The summed E-state index contributed by atoms with van der Waals surface area (Å²) in [5.41, 5.74) is 18.1. The average Bonchev–Trinajstić information content (AvgIpc) is 1.57. The second-order valence-corrected chi connectivity index (χ2v) is 31.1. The average molecular weight is 1730 g/mol. The van der Waals surface area contributed by atoms with Gasteiger partial charge >= 0.3 is 11.9 Å². The van der Waals surface area contributed by atoms with E-state index in [9.17, 15) is 117 Å². The lowest BCUT2D eigenvalue weighted by Crippen LogP contribution is -2.63. The number of aliphatic hydroxyl groups is 2. The van der Waals surface area contributed by atoms with Crippen molar-refractivity contribution < 1.29 is 117 Å². The van der Waals surface area contributed by atoms with E-state index < -0.39 is 260 Å². The molecule has 0 unspecified atom stereocenters. The standard InChI is InChI=1S/C79H114N18O24S/c1-10-41(6)64(76(117)90-54(33-58(81)102)72(113)94-63(40(4)5)79(120)121)95-75(116)62(39(2)3)93-70(111)52(31-46-20-15-12-16-21-46)88-68(109)50(27-28-61(105)106)87-74(115)57-22-17-29-97(57)78(119)55(34-59(82)103)91-77(118)65(43(8)99)96-71(112)53(32-47-23-25-48(101)26-24-47)89-73(114)56(36-98)92-69(110)51(30-45-18-13-11-14-19-45)86-60(104)35-83-66(107)42(7)85-67(108)49(80)37-122-38-84-44(9)100/h11-16,18-21,23-26,39-43,49-57,62-65,98-99,101H,10,17,22,27-38,80H2,1-9H3,(H2,81,102)(H2,82,103)(H,83,107)(H,84,100)(H,85,108)(H,86,104)(H,87,115)(H,88,109)(H,89,114)(H,90,117)(H,91,118)(H,92,110)(H,93,111)(H,94,113)(H,95,116)(H,96,112)(H,105,106)(H,120,121)/t41-,42-,43+,49-,50-,51-,52-,53-,54-,55-,56-,57-,62-,63-,64-,65-/m0/s1. The summed E-state index contributed by atoms with van der Waals surface area (Å²) in [6.07, 6.45) is -5.85. The topological polar surface area (TPSA) is 675 Å². The molecule has 1 aliphatic heterocycles. The van der Waals surface area contributed by atoms with Crippen LogP contribution in [-0.4, -0.2) is 265 Å². The molecule has 0 saturated carbocycles.